The van der Waals surface area contributed by atoms with Gasteiger partial charge in [0.25, 0.3) is 0 Å². The van der Waals surface area contributed by atoms with Gasteiger partial charge in [-0.05, 0) is 50.4 Å². The standard InChI is InChI=1S/C22H32ClN3O/c1-24-11-13-25(14-12-24)20-8-7-17(21(23)16-20)15-18-9-10-26(22(18)27)19-5-3-2-4-6-19/h7-8,16,18-19H,2-6,9-15H2,1H3. The number of amides is 1. The van der Waals surface area contributed by atoms with E-state index in [-0.39, 0.29) is 5.92 Å². The Labute approximate surface area is 168 Å². The van der Waals surface area contributed by atoms with Crippen molar-refractivity contribution in [3.63, 3.8) is 0 Å². The molecule has 1 aliphatic carbocycles. The predicted octanol–water partition coefficient (Wildman–Crippen LogP) is 3.82. The molecule has 1 aromatic rings. The Morgan fingerprint density at radius 3 is 2.44 bits per heavy atom. The Bertz CT molecular complexity index is 666. The van der Waals surface area contributed by atoms with Gasteiger partial charge in [-0.2, -0.15) is 0 Å². The molecular weight excluding hydrogens is 358 g/mol. The molecule has 148 valence electrons. The summed E-state index contributed by atoms with van der Waals surface area (Å²) in [7, 11) is 2.17. The maximum Gasteiger partial charge on any atom is 0.226 e. The first-order chi connectivity index (χ1) is 13.1. The zero-order valence-electron chi connectivity index (χ0n) is 16.5. The minimum absolute atomic E-state index is 0.110. The Kier molecular flexibility index (Phi) is 5.93. The molecule has 1 unspecified atom stereocenters. The molecule has 2 heterocycles. The number of carbonyl (C=O) groups is 1. The smallest absolute Gasteiger partial charge is 0.226 e. The van der Waals surface area contributed by atoms with Crippen LogP contribution in [-0.4, -0.2) is 61.5 Å². The maximum absolute atomic E-state index is 12.9. The Morgan fingerprint density at radius 1 is 1.00 bits per heavy atom. The molecule has 1 aromatic carbocycles. The highest BCUT2D eigenvalue weighted by Crippen LogP contribution is 2.32. The first-order valence-electron chi connectivity index (χ1n) is 10.6. The van der Waals surface area contributed by atoms with Crippen molar-refractivity contribution in [3.05, 3.63) is 28.8 Å². The Morgan fingerprint density at radius 2 is 1.74 bits per heavy atom. The molecule has 4 nitrogen and oxygen atoms in total. The molecular formula is C22H32ClN3O. The number of halogens is 1. The first kappa shape index (κ1) is 19.1. The number of hydrogen-bond donors (Lipinski definition) is 0. The van der Waals surface area contributed by atoms with Gasteiger partial charge < -0.3 is 14.7 Å². The van der Waals surface area contributed by atoms with Crippen LogP contribution in [0, 0.1) is 5.92 Å². The molecule has 0 N–H and O–H groups in total. The van der Waals surface area contributed by atoms with E-state index in [1.54, 1.807) is 0 Å². The van der Waals surface area contributed by atoms with Crippen molar-refractivity contribution in [2.24, 2.45) is 5.92 Å². The predicted molar refractivity (Wildman–Crippen MR) is 112 cm³/mol. The lowest BCUT2D eigenvalue weighted by atomic mass is 9.94. The second-order valence-electron chi connectivity index (χ2n) is 8.58. The van der Waals surface area contributed by atoms with Crippen LogP contribution in [0.4, 0.5) is 5.69 Å². The number of hydrogen-bond acceptors (Lipinski definition) is 3. The van der Waals surface area contributed by atoms with Gasteiger partial charge in [-0.15, -0.1) is 0 Å². The van der Waals surface area contributed by atoms with Crippen molar-refractivity contribution in [1.82, 2.24) is 9.80 Å². The maximum atomic E-state index is 12.9. The fraction of sp³-hybridized carbons (Fsp3) is 0.682. The summed E-state index contributed by atoms with van der Waals surface area (Å²) in [5, 5.41) is 0.815. The average molecular weight is 390 g/mol. The largest absolute Gasteiger partial charge is 0.369 e. The summed E-state index contributed by atoms with van der Waals surface area (Å²) in [6.07, 6.45) is 8.03. The highest BCUT2D eigenvalue weighted by atomic mass is 35.5. The van der Waals surface area contributed by atoms with E-state index in [2.05, 4.69) is 39.9 Å². The second-order valence-corrected chi connectivity index (χ2v) is 8.99. The summed E-state index contributed by atoms with van der Waals surface area (Å²) in [4.78, 5) is 19.9. The molecule has 4 rings (SSSR count). The average Bonchev–Trinajstić information content (AvgIpc) is 3.05. The Hall–Kier alpha value is -1.26. The van der Waals surface area contributed by atoms with E-state index >= 15 is 0 Å². The van der Waals surface area contributed by atoms with Crippen molar-refractivity contribution in [1.29, 1.82) is 0 Å². The van der Waals surface area contributed by atoms with E-state index in [1.165, 1.54) is 37.8 Å². The molecule has 1 amide bonds. The normalized spacial score (nSPS) is 25.4. The van der Waals surface area contributed by atoms with Gasteiger partial charge in [0.1, 0.15) is 0 Å². The first-order valence-corrected chi connectivity index (χ1v) is 11.0. The lowest BCUT2D eigenvalue weighted by molar-refractivity contribution is -0.133. The Balaban J connectivity index is 1.38. The molecule has 5 heteroatoms. The summed E-state index contributed by atoms with van der Waals surface area (Å²) in [6, 6.07) is 6.92. The lowest BCUT2D eigenvalue weighted by Gasteiger charge is -2.34. The summed E-state index contributed by atoms with van der Waals surface area (Å²) >= 11 is 6.63. The minimum Gasteiger partial charge on any atom is -0.369 e. The third-order valence-corrected chi connectivity index (χ3v) is 7.09. The molecule has 0 spiro atoms. The summed E-state index contributed by atoms with van der Waals surface area (Å²) < 4.78 is 0. The number of rotatable bonds is 4. The molecule has 2 aliphatic heterocycles. The van der Waals surface area contributed by atoms with Crippen molar-refractivity contribution in [2.45, 2.75) is 51.0 Å². The molecule has 1 atom stereocenters. The van der Waals surface area contributed by atoms with E-state index in [4.69, 9.17) is 11.6 Å². The van der Waals surface area contributed by atoms with Crippen molar-refractivity contribution in [3.8, 4) is 0 Å². The van der Waals surface area contributed by atoms with Crippen LogP contribution < -0.4 is 4.90 Å². The van der Waals surface area contributed by atoms with Gasteiger partial charge in [0, 0.05) is 55.4 Å². The van der Waals surface area contributed by atoms with E-state index < -0.39 is 0 Å². The fourth-order valence-electron chi connectivity index (χ4n) is 4.94. The number of likely N-dealkylation sites (N-methyl/N-ethyl adjacent to an activating group) is 1. The number of carbonyl (C=O) groups excluding carboxylic acids is 1. The summed E-state index contributed by atoms with van der Waals surface area (Å²) in [5.74, 6) is 0.472. The second kappa shape index (κ2) is 8.40. The molecule has 0 radical (unpaired) electrons. The molecule has 27 heavy (non-hydrogen) atoms. The van der Waals surface area contributed by atoms with Gasteiger partial charge in [-0.3, -0.25) is 4.79 Å². The van der Waals surface area contributed by atoms with Gasteiger partial charge in [-0.25, -0.2) is 0 Å². The fourth-order valence-corrected chi connectivity index (χ4v) is 5.19. The molecule has 2 saturated heterocycles. The number of piperazine rings is 1. The molecule has 1 saturated carbocycles. The number of benzene rings is 1. The van der Waals surface area contributed by atoms with Crippen molar-refractivity contribution in [2.75, 3.05) is 44.7 Å². The quantitative estimate of drug-likeness (QED) is 0.783. The number of likely N-dealkylation sites (tertiary alicyclic amines) is 1. The number of anilines is 1. The van der Waals surface area contributed by atoms with Crippen LogP contribution in [0.1, 0.15) is 44.1 Å². The van der Waals surface area contributed by atoms with Crippen LogP contribution in [0.2, 0.25) is 5.02 Å². The van der Waals surface area contributed by atoms with E-state index in [0.29, 0.717) is 11.9 Å². The molecule has 0 aromatic heterocycles. The van der Waals surface area contributed by atoms with E-state index in [0.717, 1.165) is 56.2 Å². The van der Waals surface area contributed by atoms with E-state index in [9.17, 15) is 4.79 Å². The lowest BCUT2D eigenvalue weighted by Crippen LogP contribution is -2.44. The van der Waals surface area contributed by atoms with Crippen LogP contribution in [0.3, 0.4) is 0 Å². The van der Waals surface area contributed by atoms with E-state index in [1.807, 2.05) is 0 Å². The van der Waals surface area contributed by atoms with Crippen LogP contribution in [-0.2, 0) is 11.2 Å². The van der Waals surface area contributed by atoms with Gasteiger partial charge in [0.05, 0.1) is 0 Å². The van der Waals surface area contributed by atoms with Gasteiger partial charge >= 0.3 is 0 Å². The van der Waals surface area contributed by atoms with Gasteiger partial charge in [0.2, 0.25) is 5.91 Å². The van der Waals surface area contributed by atoms with Crippen molar-refractivity contribution < 1.29 is 4.79 Å². The third kappa shape index (κ3) is 4.27. The van der Waals surface area contributed by atoms with Crippen LogP contribution in [0.5, 0.6) is 0 Å². The van der Waals surface area contributed by atoms with Crippen LogP contribution in [0.15, 0.2) is 18.2 Å². The highest BCUT2D eigenvalue weighted by Gasteiger charge is 2.36. The van der Waals surface area contributed by atoms with Crippen LogP contribution >= 0.6 is 11.6 Å². The highest BCUT2D eigenvalue weighted by molar-refractivity contribution is 6.31. The monoisotopic (exact) mass is 389 g/mol. The van der Waals surface area contributed by atoms with Gasteiger partial charge in [-0.1, -0.05) is 36.9 Å². The summed E-state index contributed by atoms with van der Waals surface area (Å²) in [5.41, 5.74) is 2.33. The van der Waals surface area contributed by atoms with Crippen molar-refractivity contribution >= 4 is 23.2 Å². The zero-order valence-corrected chi connectivity index (χ0v) is 17.3. The van der Waals surface area contributed by atoms with Gasteiger partial charge in [0.15, 0.2) is 0 Å². The molecule has 3 aliphatic rings. The molecule has 0 bridgehead atoms. The SMILES string of the molecule is CN1CCN(c2ccc(CC3CCN(C4CCCCC4)C3=O)c(Cl)c2)CC1. The topological polar surface area (TPSA) is 26.8 Å². The third-order valence-electron chi connectivity index (χ3n) is 6.74. The number of nitrogens with zero attached hydrogens (tertiary/aromatic N) is 3. The van der Waals surface area contributed by atoms with Crippen LogP contribution in [0.25, 0.3) is 0 Å². The minimum atomic E-state index is 0.110. The molecule has 3 fully saturated rings. The summed E-state index contributed by atoms with van der Waals surface area (Å²) in [6.45, 7) is 5.21. The zero-order chi connectivity index (χ0) is 18.8.